The maximum atomic E-state index is 10.3. The summed E-state index contributed by atoms with van der Waals surface area (Å²) >= 11 is 0. The van der Waals surface area contributed by atoms with Crippen LogP contribution in [0.5, 0.6) is 0 Å². The van der Waals surface area contributed by atoms with Gasteiger partial charge >= 0.3 is 5.97 Å². The van der Waals surface area contributed by atoms with Gasteiger partial charge in [0.2, 0.25) is 0 Å². The first-order valence-corrected chi connectivity index (χ1v) is 12.5. The Balaban J connectivity index is 0.000000184. The number of nitrogen functional groups attached to an aromatic ring is 1. The number of carboxylic acid groups (broad SMARTS) is 1. The smallest absolute Gasteiger partial charge is 0.337 e. The maximum Gasteiger partial charge on any atom is 0.337 e. The van der Waals surface area contributed by atoms with E-state index in [0.29, 0.717) is 18.2 Å². The van der Waals surface area contributed by atoms with Crippen LogP contribution in [-0.2, 0) is 20.8 Å². The molecule has 1 aromatic heterocycles. The number of nitrogens with zero attached hydrogens (tertiary/aromatic N) is 1. The van der Waals surface area contributed by atoms with Crippen molar-refractivity contribution in [2.45, 2.75) is 59.2 Å². The van der Waals surface area contributed by atoms with Crippen LogP contribution in [0.25, 0.3) is 0 Å². The third-order valence-corrected chi connectivity index (χ3v) is 6.05. The number of ether oxygens (including phenoxy) is 1. The Kier molecular flexibility index (Phi) is 10.8. The van der Waals surface area contributed by atoms with Crippen molar-refractivity contribution >= 4 is 11.7 Å². The van der Waals surface area contributed by atoms with Gasteiger partial charge in [0.1, 0.15) is 29.3 Å². The second-order valence-corrected chi connectivity index (χ2v) is 9.83. The highest BCUT2D eigenvalue weighted by molar-refractivity contribution is 5.93. The summed E-state index contributed by atoms with van der Waals surface area (Å²) in [4.78, 5) is 23.9. The first-order valence-electron chi connectivity index (χ1n) is 12.5. The first-order chi connectivity index (χ1) is 17.9. The van der Waals surface area contributed by atoms with Gasteiger partial charge in [-0.3, -0.25) is 0 Å². The summed E-state index contributed by atoms with van der Waals surface area (Å²) < 4.78 is 11.1. The highest BCUT2D eigenvalue weighted by Crippen LogP contribution is 2.53. The quantitative estimate of drug-likeness (QED) is 0.118. The number of anilines is 1. The molecular formula is C30H38N2O6. The Morgan fingerprint density at radius 2 is 1.45 bits per heavy atom. The molecule has 5 rings (SSSR count). The molecule has 2 bridgehead atoms. The van der Waals surface area contributed by atoms with E-state index in [0.717, 1.165) is 17.9 Å². The number of fused-ring (bicyclic) bond motifs is 5. The second kappa shape index (κ2) is 13.6. The average Bonchev–Trinajstić information content (AvgIpc) is 3.48. The third-order valence-electron chi connectivity index (χ3n) is 6.05. The fraction of sp³-hybridized carbons (Fsp3) is 0.367. The normalized spacial score (nSPS) is 19.7. The van der Waals surface area contributed by atoms with Crippen LogP contribution in [0.3, 0.4) is 0 Å². The number of furan rings is 1. The Morgan fingerprint density at radius 1 is 0.947 bits per heavy atom. The summed E-state index contributed by atoms with van der Waals surface area (Å²) in [6, 6.07) is 18.7. The van der Waals surface area contributed by atoms with Gasteiger partial charge in [-0.2, -0.15) is 0 Å². The van der Waals surface area contributed by atoms with Crippen LogP contribution in [-0.4, -0.2) is 17.7 Å². The zero-order valence-corrected chi connectivity index (χ0v) is 22.9. The largest absolute Gasteiger partial charge is 0.478 e. The Hall–Kier alpha value is -3.91. The van der Waals surface area contributed by atoms with Crippen molar-refractivity contribution < 1.29 is 23.9 Å². The first kappa shape index (κ1) is 30.3. The minimum Gasteiger partial charge on any atom is -0.478 e. The summed E-state index contributed by atoms with van der Waals surface area (Å²) in [5.41, 5.74) is 8.09. The van der Waals surface area contributed by atoms with Crippen LogP contribution in [0.1, 0.15) is 67.1 Å². The fourth-order valence-corrected chi connectivity index (χ4v) is 4.04. The van der Waals surface area contributed by atoms with Crippen molar-refractivity contribution in [1.29, 1.82) is 0 Å². The van der Waals surface area contributed by atoms with Crippen LogP contribution < -0.4 is 5.73 Å². The molecule has 2 aromatic carbocycles. The standard InChI is InChI=1S/C12H12O.C7H7NO2.C6H8O.C5H11NO2/c1-11-7-8-12(2,13-11)10-6-4-3-5-9(10)11;8-6-4-2-1-3-5(6)7(9)10;1-5-3-4-6(2)7-5;1-5(2)3-4-8-6-7/h3-8H,1-2H3;1-4H,8H2,(H,9,10);3-4H,1-2H3;5H,3-4H2,1-2H3. The van der Waals surface area contributed by atoms with E-state index in [2.05, 4.69) is 74.3 Å². The second-order valence-electron chi connectivity index (χ2n) is 9.83. The Bertz CT molecular complexity index is 1180. The molecule has 204 valence electrons. The van der Waals surface area contributed by atoms with Gasteiger partial charge in [-0.05, 0) is 87.6 Å². The number of benzene rings is 2. The average molecular weight is 523 g/mol. The number of hydrogen-bond acceptors (Lipinski definition) is 7. The molecule has 3 aromatic rings. The van der Waals surface area contributed by atoms with Gasteiger partial charge in [0.05, 0.1) is 5.56 Å². The highest BCUT2D eigenvalue weighted by Gasteiger charge is 2.50. The molecule has 2 aliphatic rings. The van der Waals surface area contributed by atoms with Crippen LogP contribution in [0, 0.1) is 24.7 Å². The lowest BCUT2D eigenvalue weighted by atomic mass is 9.84. The molecule has 0 fully saturated rings. The van der Waals surface area contributed by atoms with Crippen LogP contribution >= 0.6 is 0 Å². The van der Waals surface area contributed by atoms with E-state index < -0.39 is 5.97 Å². The number of aryl methyl sites for hydroxylation is 2. The van der Waals surface area contributed by atoms with Gasteiger partial charge in [-0.25, -0.2) is 4.79 Å². The molecule has 8 heteroatoms. The minimum absolute atomic E-state index is 0.155. The van der Waals surface area contributed by atoms with Crippen molar-refractivity contribution in [2.75, 3.05) is 12.3 Å². The molecule has 0 amide bonds. The summed E-state index contributed by atoms with van der Waals surface area (Å²) in [6.07, 6.45) is 5.22. The molecular weight excluding hydrogens is 484 g/mol. The van der Waals surface area contributed by atoms with Gasteiger partial charge in [0.25, 0.3) is 0 Å². The number of carboxylic acids is 1. The van der Waals surface area contributed by atoms with Crippen LogP contribution in [0.2, 0.25) is 0 Å². The van der Waals surface area contributed by atoms with Crippen molar-refractivity contribution in [2.24, 2.45) is 11.3 Å². The van der Waals surface area contributed by atoms with E-state index in [-0.39, 0.29) is 16.8 Å². The Morgan fingerprint density at radius 3 is 1.82 bits per heavy atom. The predicted octanol–water partition coefficient (Wildman–Crippen LogP) is 7.31. The molecule has 38 heavy (non-hydrogen) atoms. The van der Waals surface area contributed by atoms with E-state index in [1.54, 1.807) is 18.2 Å². The summed E-state index contributed by atoms with van der Waals surface area (Å²) in [5, 5.41) is 10.7. The summed E-state index contributed by atoms with van der Waals surface area (Å²) in [5.74, 6) is 1.56. The van der Waals surface area contributed by atoms with Crippen LogP contribution in [0.4, 0.5) is 5.69 Å². The molecule has 2 unspecified atom stereocenters. The molecule has 2 aliphatic heterocycles. The molecule has 8 nitrogen and oxygen atoms in total. The molecule has 2 atom stereocenters. The van der Waals surface area contributed by atoms with E-state index in [9.17, 15) is 9.70 Å². The van der Waals surface area contributed by atoms with Crippen molar-refractivity contribution in [3.05, 3.63) is 106 Å². The number of aromatic carboxylic acids is 1. The topological polar surface area (TPSA) is 124 Å². The number of hydrogen-bond donors (Lipinski definition) is 2. The maximum absolute atomic E-state index is 10.3. The number of rotatable bonds is 5. The van der Waals surface area contributed by atoms with E-state index >= 15 is 0 Å². The van der Waals surface area contributed by atoms with Crippen molar-refractivity contribution in [1.82, 2.24) is 0 Å². The van der Waals surface area contributed by atoms with Gasteiger partial charge in [-0.1, -0.05) is 50.2 Å². The lowest BCUT2D eigenvalue weighted by Crippen LogP contribution is -2.17. The van der Waals surface area contributed by atoms with Crippen molar-refractivity contribution in [3.63, 3.8) is 0 Å². The SMILES string of the molecule is CC(C)CCON=O.CC12C=CC(C)(O1)c1ccccc12.Cc1ccc(C)o1.Nc1ccccc1C(=O)O. The fourth-order valence-electron chi connectivity index (χ4n) is 4.04. The van der Waals surface area contributed by atoms with Gasteiger partial charge in [0, 0.05) is 5.69 Å². The molecule has 0 aliphatic carbocycles. The number of nitrogens with two attached hydrogens (primary N) is 1. The summed E-state index contributed by atoms with van der Waals surface area (Å²) in [6.45, 7) is 12.7. The molecule has 0 saturated carbocycles. The predicted molar refractivity (Wildman–Crippen MR) is 149 cm³/mol. The monoisotopic (exact) mass is 522 g/mol. The Labute approximate surface area is 224 Å². The molecule has 0 saturated heterocycles. The molecule has 3 N–H and O–H groups in total. The molecule has 0 radical (unpaired) electrons. The van der Waals surface area contributed by atoms with E-state index in [4.69, 9.17) is 20.0 Å². The van der Waals surface area contributed by atoms with E-state index in [1.165, 1.54) is 17.2 Å². The summed E-state index contributed by atoms with van der Waals surface area (Å²) in [7, 11) is 0. The highest BCUT2D eigenvalue weighted by atomic mass is 16.7. The van der Waals surface area contributed by atoms with Crippen molar-refractivity contribution in [3.8, 4) is 0 Å². The zero-order chi connectivity index (χ0) is 28.3. The molecule has 0 spiro atoms. The minimum atomic E-state index is -0.988. The third kappa shape index (κ3) is 8.31. The lowest BCUT2D eigenvalue weighted by molar-refractivity contribution is -0.0495. The van der Waals surface area contributed by atoms with Gasteiger partial charge in [0.15, 0.2) is 5.34 Å². The molecule has 3 heterocycles. The van der Waals surface area contributed by atoms with Gasteiger partial charge < -0.3 is 24.8 Å². The van der Waals surface area contributed by atoms with Crippen LogP contribution in [0.15, 0.2) is 82.6 Å². The number of carbonyl (C=O) groups is 1. The van der Waals surface area contributed by atoms with Gasteiger partial charge in [-0.15, -0.1) is 4.91 Å². The number of para-hydroxylation sites is 1. The lowest BCUT2D eigenvalue weighted by Gasteiger charge is -2.18. The zero-order valence-electron chi connectivity index (χ0n) is 22.9. The van der Waals surface area contributed by atoms with E-state index in [1.807, 2.05) is 26.0 Å².